The average Bonchev–Trinajstić information content (AvgIpc) is 3.06. The van der Waals surface area contributed by atoms with Crippen LogP contribution in [-0.2, 0) is 0 Å². The molecule has 2 atom stereocenters. The molecule has 1 N–H and O–H groups in total. The predicted octanol–water partition coefficient (Wildman–Crippen LogP) is 4.29. The molecule has 18 heavy (non-hydrogen) atoms. The first-order valence-electron chi connectivity index (χ1n) is 6.37. The molecule has 0 fully saturated rings. The molecule has 1 aromatic heterocycles. The van der Waals surface area contributed by atoms with E-state index in [9.17, 15) is 0 Å². The maximum Gasteiger partial charge on any atom is 0.0406 e. The number of nitrogens with one attached hydrogen (secondary N) is 1. The van der Waals surface area contributed by atoms with Crippen LogP contribution < -0.4 is 5.32 Å². The highest BCUT2D eigenvalue weighted by Crippen LogP contribution is 2.45. The summed E-state index contributed by atoms with van der Waals surface area (Å²) < 4.78 is 0. The van der Waals surface area contributed by atoms with Gasteiger partial charge in [-0.3, -0.25) is 0 Å². The lowest BCUT2D eigenvalue weighted by Gasteiger charge is -2.24. The number of hydrogen-bond donors (Lipinski definition) is 1. The summed E-state index contributed by atoms with van der Waals surface area (Å²) in [6, 6.07) is 11.5. The molecule has 3 rings (SSSR count). The lowest BCUT2D eigenvalue weighted by Crippen LogP contribution is -2.26. The first-order valence-corrected chi connectivity index (χ1v) is 8.30. The molecule has 1 nitrogen and oxygen atoms in total. The van der Waals surface area contributed by atoms with Crippen molar-refractivity contribution in [2.75, 3.05) is 12.3 Å². The molecule has 2 aromatic rings. The molecule has 94 valence electrons. The van der Waals surface area contributed by atoms with E-state index < -0.39 is 0 Å². The topological polar surface area (TPSA) is 12.0 Å². The molecule has 0 radical (unpaired) electrons. The summed E-state index contributed by atoms with van der Waals surface area (Å²) in [5, 5.41) is 8.11. The van der Waals surface area contributed by atoms with Crippen LogP contribution in [0.5, 0.6) is 0 Å². The van der Waals surface area contributed by atoms with Crippen molar-refractivity contribution >= 4 is 23.1 Å². The molecule has 1 aromatic carbocycles. The molecule has 2 unspecified atom stereocenters. The van der Waals surface area contributed by atoms with Gasteiger partial charge in [-0.25, -0.2) is 0 Å². The molecular formula is C15H17NS2. The molecular weight excluding hydrogens is 258 g/mol. The number of thioether (sulfide) groups is 1. The van der Waals surface area contributed by atoms with Gasteiger partial charge in [0.05, 0.1) is 0 Å². The zero-order valence-corrected chi connectivity index (χ0v) is 12.1. The van der Waals surface area contributed by atoms with Gasteiger partial charge in [0.25, 0.3) is 0 Å². The zero-order valence-electron chi connectivity index (χ0n) is 10.4. The Morgan fingerprint density at radius 1 is 1.33 bits per heavy atom. The van der Waals surface area contributed by atoms with Crippen LogP contribution >= 0.6 is 23.1 Å². The van der Waals surface area contributed by atoms with Gasteiger partial charge < -0.3 is 5.32 Å². The van der Waals surface area contributed by atoms with E-state index in [1.807, 2.05) is 11.8 Å². The van der Waals surface area contributed by atoms with Gasteiger partial charge in [0.15, 0.2) is 0 Å². The summed E-state index contributed by atoms with van der Waals surface area (Å²) in [6.07, 6.45) is 0. The number of rotatable bonds is 4. The molecule has 2 heterocycles. The molecule has 1 aliphatic heterocycles. The maximum atomic E-state index is 3.66. The van der Waals surface area contributed by atoms with Crippen molar-refractivity contribution in [3.8, 4) is 0 Å². The number of hydrogen-bond acceptors (Lipinski definition) is 3. The van der Waals surface area contributed by atoms with Gasteiger partial charge in [0.1, 0.15) is 0 Å². The predicted molar refractivity (Wildman–Crippen MR) is 80.6 cm³/mol. The minimum absolute atomic E-state index is 0.456. The van der Waals surface area contributed by atoms with Gasteiger partial charge >= 0.3 is 0 Å². The van der Waals surface area contributed by atoms with Crippen molar-refractivity contribution in [2.24, 2.45) is 0 Å². The van der Waals surface area contributed by atoms with E-state index in [4.69, 9.17) is 0 Å². The minimum Gasteiger partial charge on any atom is -0.310 e. The second kappa shape index (κ2) is 5.47. The summed E-state index contributed by atoms with van der Waals surface area (Å²) in [5.41, 5.74) is 2.95. The van der Waals surface area contributed by atoms with Crippen LogP contribution in [0.15, 0.2) is 46.0 Å². The first kappa shape index (κ1) is 12.3. The number of fused-ring (bicyclic) bond motifs is 1. The highest BCUT2D eigenvalue weighted by atomic mass is 32.2. The Hall–Kier alpha value is -0.770. The fraction of sp³-hybridized carbons (Fsp3) is 0.333. The summed E-state index contributed by atoms with van der Waals surface area (Å²) in [6.45, 7) is 3.21. The van der Waals surface area contributed by atoms with Crippen molar-refractivity contribution in [3.63, 3.8) is 0 Å². The smallest absolute Gasteiger partial charge is 0.0406 e. The van der Waals surface area contributed by atoms with E-state index in [2.05, 4.69) is 53.3 Å². The Labute approximate surface area is 117 Å². The van der Waals surface area contributed by atoms with E-state index in [-0.39, 0.29) is 0 Å². The Morgan fingerprint density at radius 3 is 3.00 bits per heavy atom. The quantitative estimate of drug-likeness (QED) is 0.893. The van der Waals surface area contributed by atoms with E-state index in [1.165, 1.54) is 21.8 Å². The lowest BCUT2D eigenvalue weighted by atomic mass is 9.90. The monoisotopic (exact) mass is 275 g/mol. The van der Waals surface area contributed by atoms with Crippen LogP contribution in [0, 0.1) is 0 Å². The second-order valence-electron chi connectivity index (χ2n) is 4.55. The van der Waals surface area contributed by atoms with Gasteiger partial charge in [-0.1, -0.05) is 25.1 Å². The minimum atomic E-state index is 0.456. The molecule has 0 saturated carbocycles. The van der Waals surface area contributed by atoms with Gasteiger partial charge in [-0.05, 0) is 40.6 Å². The van der Waals surface area contributed by atoms with E-state index in [1.54, 1.807) is 11.3 Å². The summed E-state index contributed by atoms with van der Waals surface area (Å²) >= 11 is 3.78. The SMILES string of the molecule is CCNC(c1ccsc1)C1CSc2ccccc21. The highest BCUT2D eigenvalue weighted by molar-refractivity contribution is 7.99. The van der Waals surface area contributed by atoms with E-state index in [0.29, 0.717) is 12.0 Å². The van der Waals surface area contributed by atoms with Crippen molar-refractivity contribution in [1.29, 1.82) is 0 Å². The molecule has 0 aliphatic carbocycles. The van der Waals surface area contributed by atoms with Crippen LogP contribution in [0.3, 0.4) is 0 Å². The molecule has 0 amide bonds. The largest absolute Gasteiger partial charge is 0.310 e. The van der Waals surface area contributed by atoms with Crippen LogP contribution in [0.2, 0.25) is 0 Å². The van der Waals surface area contributed by atoms with E-state index in [0.717, 1.165) is 6.54 Å². The molecule has 0 saturated heterocycles. The maximum absolute atomic E-state index is 3.66. The van der Waals surface area contributed by atoms with Crippen LogP contribution in [0.25, 0.3) is 0 Å². The first-order chi connectivity index (χ1) is 8.90. The Kier molecular flexibility index (Phi) is 3.73. The Morgan fingerprint density at radius 2 is 2.22 bits per heavy atom. The second-order valence-corrected chi connectivity index (χ2v) is 6.39. The van der Waals surface area contributed by atoms with Crippen LogP contribution in [0.1, 0.15) is 30.0 Å². The number of thiophene rings is 1. The van der Waals surface area contributed by atoms with Crippen LogP contribution in [0.4, 0.5) is 0 Å². The van der Waals surface area contributed by atoms with Crippen molar-refractivity contribution in [1.82, 2.24) is 5.32 Å². The summed E-state index contributed by atoms with van der Waals surface area (Å²) in [7, 11) is 0. The molecule has 0 spiro atoms. The molecule has 1 aliphatic rings. The van der Waals surface area contributed by atoms with Crippen molar-refractivity contribution < 1.29 is 0 Å². The summed E-state index contributed by atoms with van der Waals surface area (Å²) in [4.78, 5) is 1.46. The number of likely N-dealkylation sites (N-methyl/N-ethyl adjacent to an activating group) is 1. The zero-order chi connectivity index (χ0) is 12.4. The molecule has 0 bridgehead atoms. The number of benzene rings is 1. The van der Waals surface area contributed by atoms with Crippen molar-refractivity contribution in [3.05, 3.63) is 52.2 Å². The Bertz CT molecular complexity index is 505. The molecule has 3 heteroatoms. The standard InChI is InChI=1S/C15H17NS2/c1-2-16-15(11-7-8-17-9-11)13-10-18-14-6-4-3-5-12(13)14/h3-9,13,15-16H,2,10H2,1H3. The van der Waals surface area contributed by atoms with Gasteiger partial charge in [-0.2, -0.15) is 11.3 Å². The highest BCUT2D eigenvalue weighted by Gasteiger charge is 2.30. The van der Waals surface area contributed by atoms with Crippen molar-refractivity contribution in [2.45, 2.75) is 23.8 Å². The third-order valence-electron chi connectivity index (χ3n) is 3.47. The van der Waals surface area contributed by atoms with Crippen LogP contribution in [-0.4, -0.2) is 12.3 Å². The third kappa shape index (κ3) is 2.22. The Balaban J connectivity index is 1.93. The summed E-state index contributed by atoms with van der Waals surface area (Å²) in [5.74, 6) is 1.79. The fourth-order valence-electron chi connectivity index (χ4n) is 2.63. The van der Waals surface area contributed by atoms with E-state index >= 15 is 0 Å². The third-order valence-corrected chi connectivity index (χ3v) is 5.38. The van der Waals surface area contributed by atoms with Gasteiger partial charge in [0, 0.05) is 22.6 Å². The van der Waals surface area contributed by atoms with Gasteiger partial charge in [-0.15, -0.1) is 11.8 Å². The average molecular weight is 275 g/mol. The normalized spacial score (nSPS) is 19.7. The van der Waals surface area contributed by atoms with Gasteiger partial charge in [0.2, 0.25) is 0 Å². The lowest BCUT2D eigenvalue weighted by molar-refractivity contribution is 0.486. The fourth-order valence-corrected chi connectivity index (χ4v) is 4.62.